The second-order valence-electron chi connectivity index (χ2n) is 7.42. The molecule has 148 valence electrons. The number of hydrogen-bond acceptors (Lipinski definition) is 4. The standard InChI is InChI=1S/C23H18FN5O/c1-14-8-15(2)10-17(9-14)29-22-19(11-27-29)23(30)28(13-26-22)12-16-5-6-20(24)18-4-3-7-25-21(16)18/h3-11,13H,12H2,1-2H3. The lowest BCUT2D eigenvalue weighted by Gasteiger charge is -2.09. The van der Waals surface area contributed by atoms with Crippen LogP contribution in [0.3, 0.4) is 0 Å². The molecule has 0 saturated carbocycles. The summed E-state index contributed by atoms with van der Waals surface area (Å²) in [6.45, 7) is 4.28. The number of aromatic nitrogens is 5. The molecule has 3 aromatic heterocycles. The van der Waals surface area contributed by atoms with Crippen LogP contribution in [0.15, 0.2) is 66.0 Å². The van der Waals surface area contributed by atoms with Crippen molar-refractivity contribution in [2.45, 2.75) is 20.4 Å². The Morgan fingerprint density at radius 1 is 1.00 bits per heavy atom. The summed E-state index contributed by atoms with van der Waals surface area (Å²) < 4.78 is 17.3. The highest BCUT2D eigenvalue weighted by molar-refractivity contribution is 5.82. The maximum absolute atomic E-state index is 14.1. The lowest BCUT2D eigenvalue weighted by molar-refractivity contribution is 0.638. The van der Waals surface area contributed by atoms with Crippen LogP contribution in [-0.2, 0) is 6.54 Å². The molecule has 30 heavy (non-hydrogen) atoms. The third-order valence-corrected chi connectivity index (χ3v) is 5.15. The van der Waals surface area contributed by atoms with Gasteiger partial charge in [0, 0.05) is 11.6 Å². The van der Waals surface area contributed by atoms with Crippen LogP contribution in [0.4, 0.5) is 4.39 Å². The predicted molar refractivity (Wildman–Crippen MR) is 113 cm³/mol. The highest BCUT2D eigenvalue weighted by Gasteiger charge is 2.14. The highest BCUT2D eigenvalue weighted by atomic mass is 19.1. The first kappa shape index (κ1) is 18.2. The van der Waals surface area contributed by atoms with E-state index in [0.717, 1.165) is 22.4 Å². The zero-order valence-corrected chi connectivity index (χ0v) is 16.5. The van der Waals surface area contributed by atoms with E-state index in [9.17, 15) is 9.18 Å². The Bertz CT molecular complexity index is 1460. The third-order valence-electron chi connectivity index (χ3n) is 5.15. The van der Waals surface area contributed by atoms with Crippen molar-refractivity contribution in [2.75, 3.05) is 0 Å². The number of hydrogen-bond donors (Lipinski definition) is 0. The molecular formula is C23H18FN5O. The molecule has 5 rings (SSSR count). The lowest BCUT2D eigenvalue weighted by atomic mass is 10.1. The number of fused-ring (bicyclic) bond motifs is 2. The van der Waals surface area contributed by atoms with E-state index in [1.54, 1.807) is 35.3 Å². The topological polar surface area (TPSA) is 65.6 Å². The van der Waals surface area contributed by atoms with Gasteiger partial charge in [0.25, 0.3) is 5.56 Å². The van der Waals surface area contributed by atoms with Crippen molar-refractivity contribution in [3.63, 3.8) is 0 Å². The summed E-state index contributed by atoms with van der Waals surface area (Å²) in [5, 5.41) is 5.25. The molecule has 0 aliphatic heterocycles. The molecule has 6 nitrogen and oxygen atoms in total. The predicted octanol–water partition coefficient (Wildman–Crippen LogP) is 3.93. The average molecular weight is 399 g/mol. The summed E-state index contributed by atoms with van der Waals surface area (Å²) in [5.74, 6) is -0.336. The maximum atomic E-state index is 14.1. The van der Waals surface area contributed by atoms with Crippen LogP contribution < -0.4 is 5.56 Å². The van der Waals surface area contributed by atoms with Crippen molar-refractivity contribution < 1.29 is 4.39 Å². The Morgan fingerprint density at radius 2 is 1.80 bits per heavy atom. The molecule has 0 spiro atoms. The molecule has 3 heterocycles. The first-order valence-corrected chi connectivity index (χ1v) is 9.55. The van der Waals surface area contributed by atoms with E-state index in [4.69, 9.17) is 0 Å². The molecule has 0 atom stereocenters. The van der Waals surface area contributed by atoms with Gasteiger partial charge in [-0.05, 0) is 60.9 Å². The Balaban J connectivity index is 1.61. The second-order valence-corrected chi connectivity index (χ2v) is 7.42. The average Bonchev–Trinajstić information content (AvgIpc) is 3.16. The van der Waals surface area contributed by atoms with Crippen LogP contribution in [0.2, 0.25) is 0 Å². The molecule has 0 fully saturated rings. The van der Waals surface area contributed by atoms with Gasteiger partial charge < -0.3 is 0 Å². The van der Waals surface area contributed by atoms with Crippen molar-refractivity contribution in [2.24, 2.45) is 0 Å². The molecule has 0 saturated heterocycles. The van der Waals surface area contributed by atoms with E-state index >= 15 is 0 Å². The van der Waals surface area contributed by atoms with Crippen molar-refractivity contribution in [1.82, 2.24) is 24.3 Å². The maximum Gasteiger partial charge on any atom is 0.264 e. The fourth-order valence-electron chi connectivity index (χ4n) is 3.83. The number of halogens is 1. The molecule has 0 aliphatic carbocycles. The highest BCUT2D eigenvalue weighted by Crippen LogP contribution is 2.21. The zero-order chi connectivity index (χ0) is 20.8. The van der Waals surface area contributed by atoms with E-state index < -0.39 is 0 Å². The molecule has 0 bridgehead atoms. The van der Waals surface area contributed by atoms with Gasteiger partial charge in [-0.3, -0.25) is 14.3 Å². The first-order valence-electron chi connectivity index (χ1n) is 9.55. The number of nitrogens with zero attached hydrogens (tertiary/aromatic N) is 5. The monoisotopic (exact) mass is 399 g/mol. The van der Waals surface area contributed by atoms with Gasteiger partial charge in [-0.25, -0.2) is 14.1 Å². The van der Waals surface area contributed by atoms with E-state index in [1.165, 1.54) is 17.0 Å². The van der Waals surface area contributed by atoms with Crippen LogP contribution in [0, 0.1) is 19.7 Å². The minimum Gasteiger partial charge on any atom is -0.294 e. The molecule has 0 aliphatic rings. The van der Waals surface area contributed by atoms with Crippen LogP contribution >= 0.6 is 0 Å². The minimum atomic E-state index is -0.336. The molecule has 0 N–H and O–H groups in total. The fraction of sp³-hybridized carbons (Fsp3) is 0.130. The molecule has 0 amide bonds. The minimum absolute atomic E-state index is 0.205. The number of aryl methyl sites for hydroxylation is 2. The molecular weight excluding hydrogens is 381 g/mol. The molecule has 0 unspecified atom stereocenters. The van der Waals surface area contributed by atoms with Crippen LogP contribution in [0.25, 0.3) is 27.6 Å². The number of pyridine rings is 1. The quantitative estimate of drug-likeness (QED) is 0.461. The summed E-state index contributed by atoms with van der Waals surface area (Å²) in [6, 6.07) is 12.5. The van der Waals surface area contributed by atoms with E-state index in [2.05, 4.69) is 21.1 Å². The van der Waals surface area contributed by atoms with Crippen LogP contribution in [0.5, 0.6) is 0 Å². The third kappa shape index (κ3) is 2.95. The molecule has 0 radical (unpaired) electrons. The zero-order valence-electron chi connectivity index (χ0n) is 16.5. The van der Waals surface area contributed by atoms with Gasteiger partial charge in [0.15, 0.2) is 5.65 Å². The molecule has 7 heteroatoms. The van der Waals surface area contributed by atoms with E-state index in [1.807, 2.05) is 26.0 Å². The fourth-order valence-corrected chi connectivity index (χ4v) is 3.83. The Kier molecular flexibility index (Phi) is 4.17. The number of benzene rings is 2. The van der Waals surface area contributed by atoms with E-state index in [-0.39, 0.29) is 17.9 Å². The Morgan fingerprint density at radius 3 is 2.60 bits per heavy atom. The summed E-state index contributed by atoms with van der Waals surface area (Å²) in [6.07, 6.45) is 4.66. The van der Waals surface area contributed by atoms with Gasteiger partial charge in [-0.2, -0.15) is 5.10 Å². The van der Waals surface area contributed by atoms with Gasteiger partial charge in [0.05, 0.1) is 23.9 Å². The SMILES string of the molecule is Cc1cc(C)cc(-n2ncc3c(=O)n(Cc4ccc(F)c5cccnc45)cnc32)c1. The van der Waals surface area contributed by atoms with Crippen molar-refractivity contribution in [3.05, 3.63) is 94.0 Å². The lowest BCUT2D eigenvalue weighted by Crippen LogP contribution is -2.21. The molecule has 5 aromatic rings. The summed E-state index contributed by atoms with van der Waals surface area (Å²) in [5.41, 5.74) is 4.66. The van der Waals surface area contributed by atoms with Crippen LogP contribution in [0.1, 0.15) is 16.7 Å². The first-order chi connectivity index (χ1) is 14.5. The van der Waals surface area contributed by atoms with Gasteiger partial charge in [-0.1, -0.05) is 12.1 Å². The van der Waals surface area contributed by atoms with Crippen molar-refractivity contribution in [1.29, 1.82) is 0 Å². The summed E-state index contributed by atoms with van der Waals surface area (Å²) >= 11 is 0. The van der Waals surface area contributed by atoms with Gasteiger partial charge >= 0.3 is 0 Å². The summed E-state index contributed by atoms with van der Waals surface area (Å²) in [4.78, 5) is 21.9. The van der Waals surface area contributed by atoms with E-state index in [0.29, 0.717) is 21.9 Å². The van der Waals surface area contributed by atoms with Gasteiger partial charge in [0.1, 0.15) is 17.5 Å². The second kappa shape index (κ2) is 6.88. The van der Waals surface area contributed by atoms with Crippen molar-refractivity contribution >= 4 is 21.9 Å². The Labute approximate surface area is 171 Å². The van der Waals surface area contributed by atoms with Gasteiger partial charge in [-0.15, -0.1) is 0 Å². The van der Waals surface area contributed by atoms with Gasteiger partial charge in [0.2, 0.25) is 0 Å². The normalized spacial score (nSPS) is 11.4. The summed E-state index contributed by atoms with van der Waals surface area (Å²) in [7, 11) is 0. The number of rotatable bonds is 3. The largest absolute Gasteiger partial charge is 0.294 e. The van der Waals surface area contributed by atoms with Crippen molar-refractivity contribution in [3.8, 4) is 5.69 Å². The Hall–Kier alpha value is -3.87. The van der Waals surface area contributed by atoms with Crippen LogP contribution in [-0.4, -0.2) is 24.3 Å². The molecule has 2 aromatic carbocycles. The smallest absolute Gasteiger partial charge is 0.264 e.